The van der Waals surface area contributed by atoms with Crippen molar-refractivity contribution in [2.45, 2.75) is 46.8 Å². The smallest absolute Gasteiger partial charge is 0.140 e. The number of para-hydroxylation sites is 1. The molecule has 21 heavy (non-hydrogen) atoms. The fourth-order valence-electron chi connectivity index (χ4n) is 2.36. The van der Waals surface area contributed by atoms with E-state index in [0.29, 0.717) is 12.6 Å². The summed E-state index contributed by atoms with van der Waals surface area (Å²) in [5.41, 5.74) is 2.33. The Morgan fingerprint density at radius 3 is 2.62 bits per heavy atom. The van der Waals surface area contributed by atoms with Crippen LogP contribution in [0.4, 0.5) is 0 Å². The molecule has 0 aliphatic carbocycles. The molecule has 0 amide bonds. The number of hydrogen-bond acceptors (Lipinski definition) is 4. The van der Waals surface area contributed by atoms with Gasteiger partial charge in [-0.15, -0.1) is 11.3 Å². The fraction of sp³-hybridized carbons (Fsp3) is 0.471. The lowest BCUT2D eigenvalue weighted by Crippen LogP contribution is -2.20. The van der Waals surface area contributed by atoms with Crippen molar-refractivity contribution in [1.29, 1.82) is 0 Å². The molecule has 1 aromatic heterocycles. The Hall–Kier alpha value is -1.39. The molecule has 0 aliphatic rings. The lowest BCUT2D eigenvalue weighted by Gasteiger charge is -2.19. The fourth-order valence-corrected chi connectivity index (χ4v) is 3.21. The molecule has 0 saturated heterocycles. The zero-order valence-electron chi connectivity index (χ0n) is 13.3. The minimum absolute atomic E-state index is 0.339. The first-order valence-electron chi connectivity index (χ1n) is 7.53. The summed E-state index contributed by atoms with van der Waals surface area (Å²) in [6.45, 7) is 9.96. The summed E-state index contributed by atoms with van der Waals surface area (Å²) in [6.07, 6.45) is 1.05. The molecule has 4 heteroatoms. The van der Waals surface area contributed by atoms with E-state index in [1.807, 2.05) is 19.1 Å². The molecule has 0 radical (unpaired) electrons. The van der Waals surface area contributed by atoms with E-state index in [1.54, 1.807) is 11.3 Å². The van der Waals surface area contributed by atoms with E-state index in [2.05, 4.69) is 43.2 Å². The van der Waals surface area contributed by atoms with E-state index < -0.39 is 0 Å². The van der Waals surface area contributed by atoms with Gasteiger partial charge in [-0.25, -0.2) is 4.98 Å². The third-order valence-corrected chi connectivity index (χ3v) is 4.62. The zero-order chi connectivity index (χ0) is 15.2. The molecular weight excluding hydrogens is 280 g/mol. The summed E-state index contributed by atoms with van der Waals surface area (Å²) in [5.74, 6) is 0.954. The highest BCUT2D eigenvalue weighted by molar-refractivity contribution is 7.11. The van der Waals surface area contributed by atoms with E-state index >= 15 is 0 Å². The minimum atomic E-state index is 0.339. The number of hydrogen-bond donors (Lipinski definition) is 1. The number of thiazole rings is 1. The summed E-state index contributed by atoms with van der Waals surface area (Å²) >= 11 is 1.71. The van der Waals surface area contributed by atoms with Crippen LogP contribution in [0.2, 0.25) is 0 Å². The van der Waals surface area contributed by atoms with Crippen LogP contribution in [-0.4, -0.2) is 11.5 Å². The lowest BCUT2D eigenvalue weighted by atomic mass is 10.0. The summed E-state index contributed by atoms with van der Waals surface area (Å²) in [6, 6.07) is 8.62. The first-order valence-corrected chi connectivity index (χ1v) is 8.35. The Morgan fingerprint density at radius 1 is 1.24 bits per heavy atom. The van der Waals surface area contributed by atoms with Crippen LogP contribution in [-0.2, 0) is 6.61 Å². The van der Waals surface area contributed by atoms with Gasteiger partial charge >= 0.3 is 0 Å². The first-order chi connectivity index (χ1) is 10.2. The van der Waals surface area contributed by atoms with Crippen LogP contribution in [0.3, 0.4) is 0 Å². The van der Waals surface area contributed by atoms with Crippen LogP contribution in [0, 0.1) is 13.8 Å². The van der Waals surface area contributed by atoms with Crippen molar-refractivity contribution in [2.75, 3.05) is 6.54 Å². The van der Waals surface area contributed by atoms with Gasteiger partial charge in [-0.2, -0.15) is 0 Å². The monoisotopic (exact) mass is 304 g/mol. The minimum Gasteiger partial charge on any atom is -0.486 e. The number of nitrogens with zero attached hydrogens (tertiary/aromatic N) is 1. The topological polar surface area (TPSA) is 34.1 Å². The van der Waals surface area contributed by atoms with Crippen molar-refractivity contribution in [3.63, 3.8) is 0 Å². The molecule has 114 valence electrons. The number of benzene rings is 1. The molecule has 0 fully saturated rings. The van der Waals surface area contributed by atoms with Gasteiger partial charge in [0.25, 0.3) is 0 Å². The number of ether oxygens (including phenoxy) is 1. The molecule has 0 aliphatic heterocycles. The molecular formula is C17H24N2OS. The highest BCUT2D eigenvalue weighted by atomic mass is 32.1. The highest BCUT2D eigenvalue weighted by Gasteiger charge is 2.13. The quantitative estimate of drug-likeness (QED) is 0.823. The van der Waals surface area contributed by atoms with Crippen molar-refractivity contribution >= 4 is 11.3 Å². The van der Waals surface area contributed by atoms with Gasteiger partial charge in [0.1, 0.15) is 17.4 Å². The van der Waals surface area contributed by atoms with Gasteiger partial charge in [0, 0.05) is 16.5 Å². The van der Waals surface area contributed by atoms with E-state index in [4.69, 9.17) is 4.74 Å². The van der Waals surface area contributed by atoms with Crippen LogP contribution in [0.5, 0.6) is 5.75 Å². The van der Waals surface area contributed by atoms with Gasteiger partial charge in [-0.3, -0.25) is 0 Å². The van der Waals surface area contributed by atoms with Crippen molar-refractivity contribution < 1.29 is 4.74 Å². The van der Waals surface area contributed by atoms with E-state index in [9.17, 15) is 0 Å². The number of aromatic nitrogens is 1. The van der Waals surface area contributed by atoms with Crippen LogP contribution >= 0.6 is 11.3 Å². The average Bonchev–Trinajstić information content (AvgIpc) is 2.82. The normalized spacial score (nSPS) is 12.4. The average molecular weight is 304 g/mol. The largest absolute Gasteiger partial charge is 0.486 e. The number of nitrogens with one attached hydrogen (secondary N) is 1. The van der Waals surface area contributed by atoms with Crippen LogP contribution in [0.1, 0.15) is 47.5 Å². The Kier molecular flexibility index (Phi) is 5.76. The van der Waals surface area contributed by atoms with E-state index in [-0.39, 0.29) is 0 Å². The molecule has 0 saturated carbocycles. The van der Waals surface area contributed by atoms with Gasteiger partial charge in [-0.05, 0) is 32.9 Å². The second-order valence-corrected chi connectivity index (χ2v) is 6.38. The molecule has 3 nitrogen and oxygen atoms in total. The van der Waals surface area contributed by atoms with Gasteiger partial charge in [0.2, 0.25) is 0 Å². The Balaban J connectivity index is 2.12. The first kappa shape index (κ1) is 16.0. The van der Waals surface area contributed by atoms with Crippen LogP contribution in [0.25, 0.3) is 0 Å². The predicted octanol–water partition coefficient (Wildman–Crippen LogP) is 4.40. The van der Waals surface area contributed by atoms with Crippen molar-refractivity contribution in [1.82, 2.24) is 10.3 Å². The molecule has 1 aromatic carbocycles. The predicted molar refractivity (Wildman–Crippen MR) is 89.1 cm³/mol. The summed E-state index contributed by atoms with van der Waals surface area (Å²) in [7, 11) is 0. The van der Waals surface area contributed by atoms with E-state index in [1.165, 1.54) is 10.4 Å². The zero-order valence-corrected chi connectivity index (χ0v) is 14.1. The second kappa shape index (κ2) is 7.57. The van der Waals surface area contributed by atoms with Crippen molar-refractivity contribution in [3.8, 4) is 5.75 Å². The van der Waals surface area contributed by atoms with Gasteiger partial charge < -0.3 is 10.1 Å². The molecule has 0 spiro atoms. The second-order valence-electron chi connectivity index (χ2n) is 5.09. The van der Waals surface area contributed by atoms with Crippen LogP contribution in [0.15, 0.2) is 24.3 Å². The SMILES string of the molecule is CCNC(CC)c1ccccc1OCc1nc(C)c(C)s1. The maximum atomic E-state index is 6.03. The maximum absolute atomic E-state index is 6.03. The number of aryl methyl sites for hydroxylation is 2. The van der Waals surface area contributed by atoms with Gasteiger partial charge in [-0.1, -0.05) is 32.0 Å². The summed E-state index contributed by atoms with van der Waals surface area (Å²) < 4.78 is 6.03. The Bertz CT molecular complexity index is 560. The molecule has 1 N–H and O–H groups in total. The van der Waals surface area contributed by atoms with Gasteiger partial charge in [0.15, 0.2) is 0 Å². The molecule has 1 heterocycles. The Labute approximate surface area is 131 Å². The molecule has 1 unspecified atom stereocenters. The number of rotatable bonds is 7. The molecule has 1 atom stereocenters. The third-order valence-electron chi connectivity index (χ3n) is 3.58. The lowest BCUT2D eigenvalue weighted by molar-refractivity contribution is 0.298. The molecule has 0 bridgehead atoms. The van der Waals surface area contributed by atoms with Gasteiger partial charge in [0.05, 0.1) is 5.69 Å². The molecule has 2 aromatic rings. The van der Waals surface area contributed by atoms with Crippen molar-refractivity contribution in [2.24, 2.45) is 0 Å². The standard InChI is InChI=1S/C17H24N2OS/c1-5-15(18-6-2)14-9-7-8-10-16(14)20-11-17-19-12(3)13(4)21-17/h7-10,15,18H,5-6,11H2,1-4H3. The van der Waals surface area contributed by atoms with E-state index in [0.717, 1.165) is 29.4 Å². The van der Waals surface area contributed by atoms with Crippen molar-refractivity contribution in [3.05, 3.63) is 45.4 Å². The maximum Gasteiger partial charge on any atom is 0.140 e. The Morgan fingerprint density at radius 2 is 2.00 bits per heavy atom. The molecule has 2 rings (SSSR count). The third kappa shape index (κ3) is 4.05. The van der Waals surface area contributed by atoms with Crippen LogP contribution < -0.4 is 10.1 Å². The summed E-state index contributed by atoms with van der Waals surface area (Å²) in [4.78, 5) is 5.80. The summed E-state index contributed by atoms with van der Waals surface area (Å²) in [5, 5.41) is 4.55. The highest BCUT2D eigenvalue weighted by Crippen LogP contribution is 2.28.